The summed E-state index contributed by atoms with van der Waals surface area (Å²) < 4.78 is 5.76. The Morgan fingerprint density at radius 3 is 2.32 bits per heavy atom. The van der Waals surface area contributed by atoms with Crippen LogP contribution in [0, 0.1) is 0 Å². The molecule has 0 aliphatic rings. The Hall–Kier alpha value is -2.74. The lowest BCUT2D eigenvalue weighted by Crippen LogP contribution is -2.01. The van der Waals surface area contributed by atoms with Crippen LogP contribution in [0.15, 0.2) is 78.9 Å². The van der Waals surface area contributed by atoms with Crippen molar-refractivity contribution in [3.05, 3.63) is 84.4 Å². The topological polar surface area (TPSA) is 21.3 Å². The number of ether oxygens (including phenoxy) is 1. The summed E-state index contributed by atoms with van der Waals surface area (Å²) in [5.41, 5.74) is 4.84. The Morgan fingerprint density at radius 2 is 1.56 bits per heavy atom. The van der Waals surface area contributed by atoms with Crippen LogP contribution in [0.4, 0.5) is 5.69 Å². The number of unbranched alkanes of at least 4 members (excludes halogenated alkanes) is 1. The van der Waals surface area contributed by atoms with Crippen LogP contribution in [0.25, 0.3) is 11.1 Å². The van der Waals surface area contributed by atoms with E-state index in [1.54, 1.807) is 0 Å². The molecule has 0 spiro atoms. The van der Waals surface area contributed by atoms with E-state index in [-0.39, 0.29) is 0 Å². The lowest BCUT2D eigenvalue weighted by atomic mass is 10.0. The number of rotatable bonds is 8. The second-order valence-corrected chi connectivity index (χ2v) is 6.15. The van der Waals surface area contributed by atoms with Gasteiger partial charge in [0.2, 0.25) is 0 Å². The van der Waals surface area contributed by atoms with Gasteiger partial charge in [-0.3, -0.25) is 0 Å². The Balaban J connectivity index is 1.57. The van der Waals surface area contributed by atoms with E-state index in [1.807, 2.05) is 18.2 Å². The Kier molecular flexibility index (Phi) is 6.11. The molecule has 0 saturated heterocycles. The molecule has 0 fully saturated rings. The minimum absolute atomic E-state index is 0.779. The summed E-state index contributed by atoms with van der Waals surface area (Å²) in [6, 6.07) is 27.3. The second kappa shape index (κ2) is 8.93. The van der Waals surface area contributed by atoms with E-state index in [9.17, 15) is 0 Å². The zero-order chi connectivity index (χ0) is 17.3. The summed E-state index contributed by atoms with van der Waals surface area (Å²) in [4.78, 5) is 0. The quantitative estimate of drug-likeness (QED) is 0.500. The van der Waals surface area contributed by atoms with Crippen molar-refractivity contribution in [2.45, 2.75) is 26.3 Å². The highest BCUT2D eigenvalue weighted by Crippen LogP contribution is 2.21. The molecule has 25 heavy (non-hydrogen) atoms. The minimum atomic E-state index is 0.779. The smallest absolute Gasteiger partial charge is 0.121 e. The molecule has 0 amide bonds. The Bertz CT molecular complexity index is 766. The summed E-state index contributed by atoms with van der Waals surface area (Å²) >= 11 is 0. The highest BCUT2D eigenvalue weighted by atomic mass is 16.5. The minimum Gasteiger partial charge on any atom is -0.494 e. The largest absolute Gasteiger partial charge is 0.494 e. The van der Waals surface area contributed by atoms with Crippen LogP contribution in [0.3, 0.4) is 0 Å². The van der Waals surface area contributed by atoms with E-state index in [4.69, 9.17) is 4.74 Å². The van der Waals surface area contributed by atoms with Gasteiger partial charge in [-0.15, -0.1) is 0 Å². The van der Waals surface area contributed by atoms with Crippen LogP contribution >= 0.6 is 0 Å². The van der Waals surface area contributed by atoms with Gasteiger partial charge in [0.05, 0.1) is 6.61 Å². The molecule has 3 aromatic carbocycles. The van der Waals surface area contributed by atoms with Gasteiger partial charge in [0.1, 0.15) is 5.75 Å². The standard InChI is InChI=1S/C23H25NO/c1-2-3-16-25-23-11-7-10-22(17-23)24-18-19-12-14-21(15-13-19)20-8-5-4-6-9-20/h4-15,17,24H,2-3,16,18H2,1H3. The molecule has 0 aliphatic heterocycles. The van der Waals surface area contributed by atoms with Crippen molar-refractivity contribution in [2.24, 2.45) is 0 Å². The summed E-state index contributed by atoms with van der Waals surface area (Å²) in [6.45, 7) is 3.75. The SMILES string of the molecule is CCCCOc1cccc(NCc2ccc(-c3ccccc3)cc2)c1. The van der Waals surface area contributed by atoms with E-state index in [1.165, 1.54) is 16.7 Å². The van der Waals surface area contributed by atoms with Crippen molar-refractivity contribution >= 4 is 5.69 Å². The molecule has 128 valence electrons. The van der Waals surface area contributed by atoms with Crippen LogP contribution in [0.5, 0.6) is 5.75 Å². The monoisotopic (exact) mass is 331 g/mol. The fourth-order valence-electron chi connectivity index (χ4n) is 2.68. The van der Waals surface area contributed by atoms with Gasteiger partial charge in [0.25, 0.3) is 0 Å². The molecule has 2 heteroatoms. The summed E-state index contributed by atoms with van der Waals surface area (Å²) in [5.74, 6) is 0.929. The predicted molar refractivity (Wildman–Crippen MR) is 106 cm³/mol. The molecule has 3 aromatic rings. The van der Waals surface area contributed by atoms with Gasteiger partial charge in [0, 0.05) is 18.3 Å². The third-order valence-corrected chi connectivity index (χ3v) is 4.16. The molecule has 0 saturated carbocycles. The molecule has 1 N–H and O–H groups in total. The third-order valence-electron chi connectivity index (χ3n) is 4.16. The van der Waals surface area contributed by atoms with Gasteiger partial charge < -0.3 is 10.1 Å². The molecule has 0 aromatic heterocycles. The maximum absolute atomic E-state index is 5.76. The first kappa shape index (κ1) is 17.1. The number of hydrogen-bond acceptors (Lipinski definition) is 2. The lowest BCUT2D eigenvalue weighted by Gasteiger charge is -2.10. The van der Waals surface area contributed by atoms with Crippen molar-refractivity contribution in [1.82, 2.24) is 0 Å². The molecular weight excluding hydrogens is 306 g/mol. The predicted octanol–water partition coefficient (Wildman–Crippen LogP) is 6.14. The third kappa shape index (κ3) is 5.12. The van der Waals surface area contributed by atoms with E-state index < -0.39 is 0 Å². The fraction of sp³-hybridized carbons (Fsp3) is 0.217. The molecule has 0 heterocycles. The van der Waals surface area contributed by atoms with E-state index >= 15 is 0 Å². The van der Waals surface area contributed by atoms with Crippen molar-refractivity contribution < 1.29 is 4.74 Å². The first-order valence-electron chi connectivity index (χ1n) is 8.96. The highest BCUT2D eigenvalue weighted by Gasteiger charge is 2.00. The molecular formula is C23H25NO. The van der Waals surface area contributed by atoms with Crippen LogP contribution in [0.1, 0.15) is 25.3 Å². The van der Waals surface area contributed by atoms with Gasteiger partial charge in [-0.1, -0.05) is 74.0 Å². The summed E-state index contributed by atoms with van der Waals surface area (Å²) in [5, 5.41) is 3.47. The average Bonchev–Trinajstić information content (AvgIpc) is 2.68. The first-order chi connectivity index (χ1) is 12.3. The lowest BCUT2D eigenvalue weighted by molar-refractivity contribution is 0.309. The second-order valence-electron chi connectivity index (χ2n) is 6.15. The first-order valence-corrected chi connectivity index (χ1v) is 8.96. The molecule has 3 rings (SSSR count). The molecule has 2 nitrogen and oxygen atoms in total. The highest BCUT2D eigenvalue weighted by molar-refractivity contribution is 5.63. The van der Waals surface area contributed by atoms with Crippen LogP contribution in [-0.2, 0) is 6.54 Å². The van der Waals surface area contributed by atoms with Gasteiger partial charge in [0.15, 0.2) is 0 Å². The van der Waals surface area contributed by atoms with Crippen LogP contribution in [-0.4, -0.2) is 6.61 Å². The van der Waals surface area contributed by atoms with Crippen molar-refractivity contribution in [3.63, 3.8) is 0 Å². The average molecular weight is 331 g/mol. The van der Waals surface area contributed by atoms with Crippen LogP contribution in [0.2, 0.25) is 0 Å². The van der Waals surface area contributed by atoms with Crippen LogP contribution < -0.4 is 10.1 Å². The number of anilines is 1. The van der Waals surface area contributed by atoms with Gasteiger partial charge in [-0.25, -0.2) is 0 Å². The van der Waals surface area contributed by atoms with E-state index in [0.29, 0.717) is 0 Å². The normalized spacial score (nSPS) is 10.4. The van der Waals surface area contributed by atoms with Gasteiger partial charge in [-0.05, 0) is 35.2 Å². The summed E-state index contributed by atoms with van der Waals surface area (Å²) in [7, 11) is 0. The Morgan fingerprint density at radius 1 is 0.800 bits per heavy atom. The molecule has 0 bridgehead atoms. The number of nitrogens with one attached hydrogen (secondary N) is 1. The maximum Gasteiger partial charge on any atom is 0.121 e. The Labute approximate surface area is 150 Å². The van der Waals surface area contributed by atoms with Gasteiger partial charge in [-0.2, -0.15) is 0 Å². The van der Waals surface area contributed by atoms with E-state index in [2.05, 4.69) is 72.9 Å². The maximum atomic E-state index is 5.76. The van der Waals surface area contributed by atoms with Crippen molar-refractivity contribution in [2.75, 3.05) is 11.9 Å². The van der Waals surface area contributed by atoms with E-state index in [0.717, 1.165) is 37.4 Å². The molecule has 0 atom stereocenters. The number of hydrogen-bond donors (Lipinski definition) is 1. The fourth-order valence-corrected chi connectivity index (χ4v) is 2.68. The number of benzene rings is 3. The summed E-state index contributed by atoms with van der Waals surface area (Å²) in [6.07, 6.45) is 2.24. The molecule has 0 radical (unpaired) electrons. The molecule has 0 unspecified atom stereocenters. The van der Waals surface area contributed by atoms with Crippen molar-refractivity contribution in [1.29, 1.82) is 0 Å². The zero-order valence-corrected chi connectivity index (χ0v) is 14.7. The van der Waals surface area contributed by atoms with Crippen molar-refractivity contribution in [3.8, 4) is 16.9 Å². The molecule has 0 aliphatic carbocycles. The zero-order valence-electron chi connectivity index (χ0n) is 14.7. The van der Waals surface area contributed by atoms with Gasteiger partial charge >= 0.3 is 0 Å².